The predicted molar refractivity (Wildman–Crippen MR) is 106 cm³/mol. The molecule has 154 valence electrons. The summed E-state index contributed by atoms with van der Waals surface area (Å²) in [7, 11) is -3.40. The van der Waals surface area contributed by atoms with Crippen molar-refractivity contribution in [1.29, 1.82) is 0 Å². The molecule has 29 heavy (non-hydrogen) atoms. The molecule has 2 aliphatic rings. The maximum Gasteiger partial charge on any atom is 0.233 e. The van der Waals surface area contributed by atoms with Crippen molar-refractivity contribution in [3.8, 4) is 0 Å². The molecule has 0 aliphatic carbocycles. The highest BCUT2D eigenvalue weighted by Crippen LogP contribution is 2.35. The van der Waals surface area contributed by atoms with Gasteiger partial charge in [0.1, 0.15) is 17.5 Å². The molecule has 2 aliphatic heterocycles. The lowest BCUT2D eigenvalue weighted by atomic mass is 10.0. The number of anilines is 1. The topological polar surface area (TPSA) is 83.5 Å². The van der Waals surface area contributed by atoms with Crippen molar-refractivity contribution in [2.24, 2.45) is 0 Å². The summed E-state index contributed by atoms with van der Waals surface area (Å²) in [5, 5.41) is 0. The van der Waals surface area contributed by atoms with Crippen molar-refractivity contribution in [3.63, 3.8) is 0 Å². The molecular weight excluding hydrogens is 395 g/mol. The minimum Gasteiger partial charge on any atom is -0.292 e. The highest BCUT2D eigenvalue weighted by atomic mass is 32.2. The zero-order valence-corrected chi connectivity index (χ0v) is 17.2. The molecule has 0 spiro atoms. The SMILES string of the molecule is Cc1nc([C@@H]2CCCCN2S(C)(=O)=O)nc2c1CC(=O)N2Cc1cccc(F)c1. The van der Waals surface area contributed by atoms with Gasteiger partial charge in [0.05, 0.1) is 25.3 Å². The standard InChI is InChI=1S/C20H23FN4O3S/c1-13-16-11-18(26)24(12-14-6-5-7-15(21)10-14)20(16)23-19(22-13)17-8-3-4-9-25(17)29(2,27)28/h5-7,10,17H,3-4,8-9,11-12H2,1-2H3/t17-/m0/s1. The number of amides is 1. The van der Waals surface area contributed by atoms with Crippen LogP contribution in [0.1, 0.15) is 47.9 Å². The number of carbonyl (C=O) groups excluding carboxylic acids is 1. The van der Waals surface area contributed by atoms with Crippen LogP contribution in [0.4, 0.5) is 10.2 Å². The zero-order valence-electron chi connectivity index (χ0n) is 16.4. The van der Waals surface area contributed by atoms with E-state index in [1.54, 1.807) is 12.1 Å². The van der Waals surface area contributed by atoms with E-state index in [0.717, 1.165) is 18.4 Å². The lowest BCUT2D eigenvalue weighted by molar-refractivity contribution is -0.117. The highest BCUT2D eigenvalue weighted by molar-refractivity contribution is 7.88. The number of rotatable bonds is 4. The van der Waals surface area contributed by atoms with Crippen LogP contribution in [0.3, 0.4) is 0 Å². The summed E-state index contributed by atoms with van der Waals surface area (Å²) in [6.45, 7) is 2.46. The molecule has 4 rings (SSSR count). The zero-order chi connectivity index (χ0) is 20.8. The average Bonchev–Trinajstić information content (AvgIpc) is 2.97. The Morgan fingerprint density at radius 2 is 2.03 bits per heavy atom. The number of carbonyl (C=O) groups is 1. The first-order valence-corrected chi connectivity index (χ1v) is 11.5. The number of nitrogens with zero attached hydrogens (tertiary/aromatic N) is 4. The Bertz CT molecular complexity index is 1070. The molecule has 1 atom stereocenters. The van der Waals surface area contributed by atoms with E-state index in [-0.39, 0.29) is 24.7 Å². The van der Waals surface area contributed by atoms with Gasteiger partial charge < -0.3 is 0 Å². The van der Waals surface area contributed by atoms with E-state index >= 15 is 0 Å². The maximum absolute atomic E-state index is 13.6. The average molecular weight is 418 g/mol. The van der Waals surface area contributed by atoms with E-state index in [1.165, 1.54) is 27.6 Å². The van der Waals surface area contributed by atoms with Gasteiger partial charge in [0, 0.05) is 17.8 Å². The van der Waals surface area contributed by atoms with Gasteiger partial charge in [-0.25, -0.2) is 22.8 Å². The molecule has 1 fully saturated rings. The first kappa shape index (κ1) is 19.9. The van der Waals surface area contributed by atoms with Crippen LogP contribution in [0.25, 0.3) is 0 Å². The first-order valence-electron chi connectivity index (χ1n) is 9.63. The quantitative estimate of drug-likeness (QED) is 0.762. The molecule has 1 aromatic carbocycles. The third-order valence-electron chi connectivity index (χ3n) is 5.50. The second-order valence-corrected chi connectivity index (χ2v) is 9.58. The summed E-state index contributed by atoms with van der Waals surface area (Å²) in [5.74, 6) is 0.438. The van der Waals surface area contributed by atoms with Gasteiger partial charge in [-0.1, -0.05) is 18.6 Å². The Hall–Kier alpha value is -2.39. The Kier molecular flexibility index (Phi) is 5.12. The highest BCUT2D eigenvalue weighted by Gasteiger charge is 2.36. The van der Waals surface area contributed by atoms with Crippen molar-refractivity contribution in [2.45, 2.75) is 45.2 Å². The van der Waals surface area contributed by atoms with Gasteiger partial charge in [-0.3, -0.25) is 9.69 Å². The Balaban J connectivity index is 1.72. The minimum atomic E-state index is -3.40. The van der Waals surface area contributed by atoms with Crippen LogP contribution >= 0.6 is 0 Å². The van der Waals surface area contributed by atoms with Gasteiger partial charge in [-0.05, 0) is 37.5 Å². The van der Waals surface area contributed by atoms with Crippen LogP contribution in [0.15, 0.2) is 24.3 Å². The van der Waals surface area contributed by atoms with Crippen LogP contribution in [-0.2, 0) is 27.8 Å². The van der Waals surface area contributed by atoms with Crippen LogP contribution in [0.2, 0.25) is 0 Å². The number of fused-ring (bicyclic) bond motifs is 1. The molecule has 1 aromatic heterocycles. The van der Waals surface area contributed by atoms with E-state index in [9.17, 15) is 17.6 Å². The van der Waals surface area contributed by atoms with Gasteiger partial charge >= 0.3 is 0 Å². The number of aryl methyl sites for hydroxylation is 1. The molecule has 0 radical (unpaired) electrons. The summed E-state index contributed by atoms with van der Waals surface area (Å²) in [6.07, 6.45) is 3.73. The van der Waals surface area contributed by atoms with Crippen molar-refractivity contribution >= 4 is 21.7 Å². The van der Waals surface area contributed by atoms with Crippen LogP contribution in [0, 0.1) is 12.7 Å². The van der Waals surface area contributed by atoms with Gasteiger partial charge in [0.15, 0.2) is 0 Å². The monoisotopic (exact) mass is 418 g/mol. The second kappa shape index (κ2) is 7.46. The number of halogens is 1. The van der Waals surface area contributed by atoms with Crippen LogP contribution in [0.5, 0.6) is 0 Å². The maximum atomic E-state index is 13.6. The van der Waals surface area contributed by atoms with E-state index < -0.39 is 16.1 Å². The van der Waals surface area contributed by atoms with E-state index in [2.05, 4.69) is 9.97 Å². The summed E-state index contributed by atoms with van der Waals surface area (Å²) in [5.41, 5.74) is 2.09. The number of aromatic nitrogens is 2. The smallest absolute Gasteiger partial charge is 0.233 e. The minimum absolute atomic E-state index is 0.123. The number of hydrogen-bond donors (Lipinski definition) is 0. The van der Waals surface area contributed by atoms with Crippen molar-refractivity contribution in [2.75, 3.05) is 17.7 Å². The number of piperidine rings is 1. The summed E-state index contributed by atoms with van der Waals surface area (Å²) in [4.78, 5) is 23.4. The molecule has 0 bridgehead atoms. The lowest BCUT2D eigenvalue weighted by Gasteiger charge is -2.33. The van der Waals surface area contributed by atoms with Gasteiger partial charge in [0.2, 0.25) is 15.9 Å². The van der Waals surface area contributed by atoms with Gasteiger partial charge in [0.25, 0.3) is 0 Å². The van der Waals surface area contributed by atoms with Gasteiger partial charge in [-0.2, -0.15) is 4.31 Å². The summed E-state index contributed by atoms with van der Waals surface area (Å²) in [6, 6.07) is 5.68. The fourth-order valence-corrected chi connectivity index (χ4v) is 5.21. The summed E-state index contributed by atoms with van der Waals surface area (Å²) < 4.78 is 39.5. The molecule has 7 nitrogen and oxygen atoms in total. The van der Waals surface area contributed by atoms with Crippen molar-refractivity contribution in [3.05, 3.63) is 52.7 Å². The van der Waals surface area contributed by atoms with Crippen molar-refractivity contribution in [1.82, 2.24) is 14.3 Å². The molecule has 0 unspecified atom stereocenters. The number of hydrogen-bond acceptors (Lipinski definition) is 5. The van der Waals surface area contributed by atoms with E-state index in [1.807, 2.05) is 6.92 Å². The second-order valence-electron chi connectivity index (χ2n) is 7.64. The molecule has 1 amide bonds. The van der Waals surface area contributed by atoms with E-state index in [4.69, 9.17) is 0 Å². The Labute approximate surface area is 169 Å². The Morgan fingerprint density at radius 3 is 2.76 bits per heavy atom. The number of sulfonamides is 1. The molecule has 0 N–H and O–H groups in total. The molecule has 3 heterocycles. The fraction of sp³-hybridized carbons (Fsp3) is 0.450. The first-order chi connectivity index (χ1) is 13.7. The largest absolute Gasteiger partial charge is 0.292 e. The predicted octanol–water partition coefficient (Wildman–Crippen LogP) is 2.50. The summed E-state index contributed by atoms with van der Waals surface area (Å²) >= 11 is 0. The van der Waals surface area contributed by atoms with E-state index in [0.29, 0.717) is 35.9 Å². The normalized spacial score (nSPS) is 20.2. The van der Waals surface area contributed by atoms with Crippen LogP contribution < -0.4 is 4.90 Å². The van der Waals surface area contributed by atoms with Crippen molar-refractivity contribution < 1.29 is 17.6 Å². The Morgan fingerprint density at radius 1 is 1.24 bits per heavy atom. The molecule has 2 aromatic rings. The van der Waals surface area contributed by atoms with Crippen LogP contribution in [-0.4, -0.2) is 41.4 Å². The molecular formula is C20H23FN4O3S. The third kappa shape index (κ3) is 3.89. The third-order valence-corrected chi connectivity index (χ3v) is 6.79. The molecule has 1 saturated heterocycles. The number of benzene rings is 1. The molecule has 0 saturated carbocycles. The lowest BCUT2D eigenvalue weighted by Crippen LogP contribution is -2.38. The fourth-order valence-electron chi connectivity index (χ4n) is 4.09. The van der Waals surface area contributed by atoms with Gasteiger partial charge in [-0.15, -0.1) is 0 Å². The molecule has 9 heteroatoms.